The Kier molecular flexibility index (Phi) is 6.90. The molecule has 1 aromatic heterocycles. The number of phenols is 1. The fourth-order valence-corrected chi connectivity index (χ4v) is 5.64. The molecule has 0 bridgehead atoms. The number of H-pyrrole nitrogens is 1. The lowest BCUT2D eigenvalue weighted by Crippen LogP contribution is -2.44. The molecule has 0 saturated carbocycles. The number of hydrogen-bond acceptors (Lipinski definition) is 7. The van der Waals surface area contributed by atoms with Crippen LogP contribution in [0.5, 0.6) is 11.5 Å². The summed E-state index contributed by atoms with van der Waals surface area (Å²) in [6, 6.07) is 9.06. The summed E-state index contributed by atoms with van der Waals surface area (Å²) in [5.41, 5.74) is 3.11. The number of ether oxygens (including phenoxy) is 1. The fraction of sp³-hybridized carbons (Fsp3) is 0.464. The van der Waals surface area contributed by atoms with Gasteiger partial charge in [0.2, 0.25) is 0 Å². The SMILES string of the molecule is O=C(c1cc2c(C(=O)N3CCCCC3)n[nH]c2cc1O)N1Cc2ccc(OCCN3CCNCC3)cc2C1. The summed E-state index contributed by atoms with van der Waals surface area (Å²) in [6.45, 7) is 7.94. The summed E-state index contributed by atoms with van der Waals surface area (Å²) in [7, 11) is 0. The third kappa shape index (κ3) is 4.93. The average molecular weight is 519 g/mol. The number of aromatic hydroxyl groups is 1. The van der Waals surface area contributed by atoms with Crippen molar-refractivity contribution in [1.82, 2.24) is 30.2 Å². The highest BCUT2D eigenvalue weighted by Crippen LogP contribution is 2.32. The van der Waals surface area contributed by atoms with Crippen molar-refractivity contribution in [2.24, 2.45) is 0 Å². The van der Waals surface area contributed by atoms with Gasteiger partial charge in [-0.2, -0.15) is 5.10 Å². The largest absolute Gasteiger partial charge is 0.507 e. The average Bonchev–Trinajstić information content (AvgIpc) is 3.56. The number of aromatic amines is 1. The lowest BCUT2D eigenvalue weighted by molar-refractivity contribution is 0.0717. The smallest absolute Gasteiger partial charge is 0.274 e. The molecule has 10 nitrogen and oxygen atoms in total. The van der Waals surface area contributed by atoms with Crippen molar-refractivity contribution < 1.29 is 19.4 Å². The van der Waals surface area contributed by atoms with Crippen LogP contribution in [0.1, 0.15) is 51.2 Å². The number of nitrogens with one attached hydrogen (secondary N) is 2. The monoisotopic (exact) mass is 518 g/mol. The van der Waals surface area contributed by atoms with E-state index in [0.29, 0.717) is 49.4 Å². The topological polar surface area (TPSA) is 114 Å². The van der Waals surface area contributed by atoms with Gasteiger partial charge in [-0.15, -0.1) is 0 Å². The Balaban J connectivity index is 1.15. The molecule has 2 amide bonds. The molecule has 3 aromatic rings. The van der Waals surface area contributed by atoms with Crippen molar-refractivity contribution in [2.45, 2.75) is 32.4 Å². The van der Waals surface area contributed by atoms with E-state index >= 15 is 0 Å². The standard InChI is InChI=1S/C28H34N6O4/c35-25-16-24-22(26(31-30-24)28(37)33-8-2-1-3-9-33)15-23(25)27(36)34-17-19-4-5-21(14-20(19)18-34)38-13-12-32-10-6-29-7-11-32/h4-5,14-16,29,35H,1-3,6-13,17-18H2,(H,30,31). The Hall–Kier alpha value is -3.63. The van der Waals surface area contributed by atoms with Gasteiger partial charge in [-0.05, 0) is 48.6 Å². The summed E-state index contributed by atoms with van der Waals surface area (Å²) in [4.78, 5) is 32.5. The Labute approximate surface area is 221 Å². The number of fused-ring (bicyclic) bond motifs is 2. The van der Waals surface area contributed by atoms with E-state index in [9.17, 15) is 14.7 Å². The zero-order valence-corrected chi connectivity index (χ0v) is 21.5. The summed E-state index contributed by atoms with van der Waals surface area (Å²) in [5.74, 6) is 0.255. The number of phenolic OH excluding ortho intramolecular Hbond substituents is 1. The van der Waals surface area contributed by atoms with E-state index in [-0.39, 0.29) is 23.1 Å². The number of carbonyl (C=O) groups excluding carboxylic acids is 2. The molecule has 6 rings (SSSR count). The van der Waals surface area contributed by atoms with Crippen LogP contribution in [0.4, 0.5) is 0 Å². The van der Waals surface area contributed by atoms with E-state index in [1.165, 1.54) is 6.07 Å². The molecule has 0 spiro atoms. The van der Waals surface area contributed by atoms with Crippen molar-refractivity contribution in [1.29, 1.82) is 0 Å². The molecule has 200 valence electrons. The van der Waals surface area contributed by atoms with E-state index in [2.05, 4.69) is 20.4 Å². The maximum atomic E-state index is 13.5. The minimum absolute atomic E-state index is 0.129. The minimum Gasteiger partial charge on any atom is -0.507 e. The van der Waals surface area contributed by atoms with Gasteiger partial charge in [0.05, 0.1) is 11.1 Å². The summed E-state index contributed by atoms with van der Waals surface area (Å²) in [5, 5.41) is 21.7. The number of nitrogens with zero attached hydrogens (tertiary/aromatic N) is 4. The van der Waals surface area contributed by atoms with Gasteiger partial charge in [0.25, 0.3) is 11.8 Å². The van der Waals surface area contributed by atoms with E-state index in [0.717, 1.165) is 68.9 Å². The summed E-state index contributed by atoms with van der Waals surface area (Å²) >= 11 is 0. The van der Waals surface area contributed by atoms with Gasteiger partial charge in [-0.1, -0.05) is 6.07 Å². The van der Waals surface area contributed by atoms with Crippen LogP contribution in [0.25, 0.3) is 10.9 Å². The molecule has 2 fully saturated rings. The van der Waals surface area contributed by atoms with Gasteiger partial charge in [-0.3, -0.25) is 19.6 Å². The quantitative estimate of drug-likeness (QED) is 0.459. The number of aromatic nitrogens is 2. The molecule has 2 aromatic carbocycles. The number of benzene rings is 2. The summed E-state index contributed by atoms with van der Waals surface area (Å²) < 4.78 is 6.01. The molecule has 0 aliphatic carbocycles. The fourth-order valence-electron chi connectivity index (χ4n) is 5.64. The molecule has 3 aliphatic heterocycles. The van der Waals surface area contributed by atoms with Crippen LogP contribution >= 0.6 is 0 Å². The zero-order valence-electron chi connectivity index (χ0n) is 21.5. The van der Waals surface area contributed by atoms with E-state index in [1.54, 1.807) is 11.0 Å². The van der Waals surface area contributed by atoms with Crippen molar-refractivity contribution >= 4 is 22.7 Å². The number of rotatable bonds is 6. The van der Waals surface area contributed by atoms with E-state index < -0.39 is 0 Å². The Morgan fingerprint density at radius 3 is 2.53 bits per heavy atom. The van der Waals surface area contributed by atoms with Crippen LogP contribution in [-0.4, -0.2) is 94.2 Å². The van der Waals surface area contributed by atoms with E-state index in [1.807, 2.05) is 23.1 Å². The minimum atomic E-state index is -0.278. The maximum absolute atomic E-state index is 13.5. The van der Waals surface area contributed by atoms with Crippen LogP contribution in [0.3, 0.4) is 0 Å². The first-order valence-electron chi connectivity index (χ1n) is 13.5. The highest BCUT2D eigenvalue weighted by Gasteiger charge is 2.29. The zero-order chi connectivity index (χ0) is 26.1. The lowest BCUT2D eigenvalue weighted by Gasteiger charge is -2.26. The molecule has 3 aliphatic rings. The van der Waals surface area contributed by atoms with Crippen LogP contribution in [0.15, 0.2) is 30.3 Å². The van der Waals surface area contributed by atoms with E-state index in [4.69, 9.17) is 4.74 Å². The van der Waals surface area contributed by atoms with Crippen molar-refractivity contribution in [2.75, 3.05) is 52.4 Å². The van der Waals surface area contributed by atoms with Crippen LogP contribution in [0, 0.1) is 0 Å². The number of piperidine rings is 1. The summed E-state index contributed by atoms with van der Waals surface area (Å²) in [6.07, 6.45) is 3.09. The molecule has 0 atom stereocenters. The molecule has 0 unspecified atom stereocenters. The molecule has 2 saturated heterocycles. The predicted molar refractivity (Wildman–Crippen MR) is 142 cm³/mol. The number of hydrogen-bond donors (Lipinski definition) is 3. The number of piperazine rings is 1. The first-order chi connectivity index (χ1) is 18.6. The number of likely N-dealkylation sites (tertiary alicyclic amines) is 1. The van der Waals surface area contributed by atoms with Gasteiger partial charge in [0.1, 0.15) is 18.1 Å². The Morgan fingerprint density at radius 1 is 0.921 bits per heavy atom. The molecule has 4 heterocycles. The van der Waals surface area contributed by atoms with Gasteiger partial charge in [0, 0.05) is 70.4 Å². The van der Waals surface area contributed by atoms with Crippen LogP contribution in [0.2, 0.25) is 0 Å². The van der Waals surface area contributed by atoms with Crippen molar-refractivity contribution in [3.05, 3.63) is 52.7 Å². The first-order valence-corrected chi connectivity index (χ1v) is 13.5. The Morgan fingerprint density at radius 2 is 1.71 bits per heavy atom. The second kappa shape index (κ2) is 10.6. The van der Waals surface area contributed by atoms with Crippen LogP contribution in [-0.2, 0) is 13.1 Å². The predicted octanol–water partition coefficient (Wildman–Crippen LogP) is 2.33. The third-order valence-electron chi connectivity index (χ3n) is 7.83. The van der Waals surface area contributed by atoms with Crippen molar-refractivity contribution in [3.8, 4) is 11.5 Å². The Bertz CT molecular complexity index is 1340. The second-order valence-corrected chi connectivity index (χ2v) is 10.4. The number of amides is 2. The lowest BCUT2D eigenvalue weighted by atomic mass is 10.1. The molecule has 0 radical (unpaired) electrons. The maximum Gasteiger partial charge on any atom is 0.274 e. The third-order valence-corrected chi connectivity index (χ3v) is 7.83. The number of carbonyl (C=O) groups is 2. The van der Waals surface area contributed by atoms with Gasteiger partial charge in [0.15, 0.2) is 5.69 Å². The second-order valence-electron chi connectivity index (χ2n) is 10.4. The molecule has 3 N–H and O–H groups in total. The molecule has 38 heavy (non-hydrogen) atoms. The highest BCUT2D eigenvalue weighted by atomic mass is 16.5. The van der Waals surface area contributed by atoms with Gasteiger partial charge < -0.3 is 25.0 Å². The molecular weight excluding hydrogens is 484 g/mol. The van der Waals surface area contributed by atoms with Gasteiger partial charge >= 0.3 is 0 Å². The normalized spacial score (nSPS) is 18.1. The molecule has 10 heteroatoms. The van der Waals surface area contributed by atoms with Crippen molar-refractivity contribution in [3.63, 3.8) is 0 Å². The molecular formula is C28H34N6O4. The van der Waals surface area contributed by atoms with Crippen LogP contribution < -0.4 is 10.1 Å². The van der Waals surface area contributed by atoms with Gasteiger partial charge in [-0.25, -0.2) is 0 Å². The highest BCUT2D eigenvalue weighted by molar-refractivity contribution is 6.08. The first kappa shape index (κ1) is 24.7.